The number of aliphatic imine (C=N–C) groups is 1. The fraction of sp³-hybridized carbons (Fsp3) is 0.400. The molecular weight excluding hydrogens is 967 g/mol. The van der Waals surface area contributed by atoms with E-state index in [1.54, 1.807) is 47.0 Å². The minimum atomic E-state index is -1.23. The molecule has 2 saturated heterocycles. The lowest BCUT2D eigenvalue weighted by Gasteiger charge is -2.38. The molecule has 3 atom stereocenters. The molecule has 1 unspecified atom stereocenters. The van der Waals surface area contributed by atoms with Crippen LogP contribution in [0.2, 0.25) is 0 Å². The van der Waals surface area contributed by atoms with Gasteiger partial charge in [-0.25, -0.2) is 14.2 Å². The van der Waals surface area contributed by atoms with Crippen molar-refractivity contribution < 1.29 is 34.1 Å². The van der Waals surface area contributed by atoms with E-state index >= 15 is 0 Å². The molecule has 75 heavy (non-hydrogen) atoms. The van der Waals surface area contributed by atoms with Crippen molar-refractivity contribution in [2.75, 3.05) is 74.0 Å². The summed E-state index contributed by atoms with van der Waals surface area (Å²) in [5, 5.41) is 51.4. The minimum absolute atomic E-state index is 0.0150. The first kappa shape index (κ1) is 51.2. The number of benzene rings is 3. The van der Waals surface area contributed by atoms with Crippen molar-refractivity contribution in [3.05, 3.63) is 94.2 Å². The number of phenolic OH excluding ortho intramolecular Hbond substituents is 1. The summed E-state index contributed by atoms with van der Waals surface area (Å²) in [4.78, 5) is 79.5. The lowest BCUT2D eigenvalue weighted by Crippen LogP contribution is -2.52. The standard InChI is InChI=1S/C50H59N17O8/c1-4-29(2)44(67-27-32(58-61-67)6-5-13-53-47(51)52)45(72)63-16-20-65(21-17-63)50-56-48(55-49(57-50)64-18-14-62(15-19-64)42(71)28-66-26-33(59-60-66)22-30(3)68)54-31-7-10-36(39(23-31)46(73)74)43-37-11-8-34(69)24-40(37)75-41-25-35(70)9-12-38(41)43/h7-12,23-27,29-30,44,68-69H,4-6,13-22,28H2,1-3H3,(H,73,74)(H4,51,52,53)(H,54,55,56,57)/t29-,30?,44-/m0/s1. The lowest BCUT2D eigenvalue weighted by molar-refractivity contribution is -0.137. The second-order valence-electron chi connectivity index (χ2n) is 18.8. The van der Waals surface area contributed by atoms with Crippen molar-refractivity contribution in [1.29, 1.82) is 0 Å². The van der Waals surface area contributed by atoms with E-state index in [0.29, 0.717) is 124 Å². The first-order valence-corrected chi connectivity index (χ1v) is 24.8. The molecule has 2 aromatic carbocycles. The number of amides is 2. The Labute approximate surface area is 429 Å². The number of rotatable bonds is 18. The zero-order valence-corrected chi connectivity index (χ0v) is 41.8. The topological polar surface area (TPSA) is 332 Å². The van der Waals surface area contributed by atoms with Gasteiger partial charge in [-0.15, -0.1) is 10.2 Å². The SMILES string of the molecule is CC[C@H](C)[C@@H](C(=O)N1CCN(c2nc(Nc3ccc(-c4c5ccc(=O)cc-5oc5cc(O)ccc45)c(C(=O)O)c3)nc(N3CCN(C(=O)Cn4cc(CC(C)O)nn4)CC3)n2)CC1)n1cc(CCCN=C(N)N)nn1. The maximum atomic E-state index is 14.4. The molecule has 1 aliphatic carbocycles. The first-order chi connectivity index (χ1) is 36.1. The number of carbonyl (C=O) groups excluding carboxylic acids is 2. The van der Waals surface area contributed by atoms with Crippen LogP contribution in [0.3, 0.4) is 0 Å². The van der Waals surface area contributed by atoms with Crippen LogP contribution >= 0.6 is 0 Å². The van der Waals surface area contributed by atoms with Crippen molar-refractivity contribution in [3.63, 3.8) is 0 Å². The van der Waals surface area contributed by atoms with Crippen LogP contribution in [0, 0.1) is 5.92 Å². The maximum absolute atomic E-state index is 14.4. The number of carboxylic acid groups (broad SMARTS) is 1. The van der Waals surface area contributed by atoms with Crippen LogP contribution in [0.4, 0.5) is 23.5 Å². The number of nitrogens with two attached hydrogens (primary N) is 2. The number of aryl methyl sites for hydroxylation is 1. The lowest BCUT2D eigenvalue weighted by atomic mass is 9.90. The van der Waals surface area contributed by atoms with Gasteiger partial charge in [-0.3, -0.25) is 19.4 Å². The number of nitrogens with one attached hydrogen (secondary N) is 1. The Morgan fingerprint density at radius 2 is 1.52 bits per heavy atom. The molecule has 8 N–H and O–H groups in total. The number of fused-ring (bicyclic) bond motifs is 2. The van der Waals surface area contributed by atoms with E-state index in [2.05, 4.69) is 30.9 Å². The molecule has 25 heteroatoms. The third-order valence-corrected chi connectivity index (χ3v) is 13.4. The number of hydrogen-bond donors (Lipinski definition) is 6. The number of guanidine groups is 1. The molecule has 4 aliphatic rings. The Morgan fingerprint density at radius 3 is 2.20 bits per heavy atom. The number of piperazine rings is 2. The monoisotopic (exact) mass is 1030 g/mol. The smallest absolute Gasteiger partial charge is 0.336 e. The number of phenols is 1. The predicted molar refractivity (Wildman–Crippen MR) is 277 cm³/mol. The van der Waals surface area contributed by atoms with Crippen LogP contribution in [-0.4, -0.2) is 159 Å². The number of anilines is 4. The number of aliphatic hydroxyl groups is 1. The van der Waals surface area contributed by atoms with Gasteiger partial charge >= 0.3 is 5.97 Å². The average molecular weight is 1030 g/mol. The second-order valence-corrected chi connectivity index (χ2v) is 18.8. The third kappa shape index (κ3) is 11.7. The number of aromatic hydroxyl groups is 1. The van der Waals surface area contributed by atoms with Crippen LogP contribution in [0.1, 0.15) is 61.4 Å². The van der Waals surface area contributed by atoms with Crippen LogP contribution in [-0.2, 0) is 29.0 Å². The number of hydrogen-bond acceptors (Lipinski definition) is 18. The summed E-state index contributed by atoms with van der Waals surface area (Å²) in [6, 6.07) is 13.1. The fourth-order valence-electron chi connectivity index (χ4n) is 9.38. The summed E-state index contributed by atoms with van der Waals surface area (Å²) < 4.78 is 9.13. The van der Waals surface area contributed by atoms with Gasteiger partial charge in [-0.2, -0.15) is 15.0 Å². The number of carbonyl (C=O) groups is 3. The van der Waals surface area contributed by atoms with E-state index < -0.39 is 18.1 Å². The van der Waals surface area contributed by atoms with Gasteiger partial charge in [0.25, 0.3) is 0 Å². The molecule has 6 heterocycles. The summed E-state index contributed by atoms with van der Waals surface area (Å²) in [6.07, 6.45) is 5.19. The molecule has 3 aliphatic heterocycles. The van der Waals surface area contributed by atoms with Crippen molar-refractivity contribution in [2.24, 2.45) is 22.4 Å². The molecule has 3 aromatic heterocycles. The third-order valence-electron chi connectivity index (χ3n) is 13.4. The Morgan fingerprint density at radius 1 is 0.827 bits per heavy atom. The molecule has 392 valence electrons. The summed E-state index contributed by atoms with van der Waals surface area (Å²) in [6.45, 7) is 9.11. The summed E-state index contributed by atoms with van der Waals surface area (Å²) >= 11 is 0. The van der Waals surface area contributed by atoms with Gasteiger partial charge in [-0.1, -0.05) is 36.8 Å². The summed E-state index contributed by atoms with van der Waals surface area (Å²) in [5.41, 5.74) is 13.8. The Kier molecular flexibility index (Phi) is 15.1. The highest BCUT2D eigenvalue weighted by Crippen LogP contribution is 2.42. The number of aliphatic hydroxyl groups excluding tert-OH is 1. The van der Waals surface area contributed by atoms with Crippen molar-refractivity contribution in [3.8, 4) is 28.2 Å². The highest BCUT2D eigenvalue weighted by Gasteiger charge is 2.34. The molecule has 2 amide bonds. The first-order valence-electron chi connectivity index (χ1n) is 24.8. The van der Waals surface area contributed by atoms with Crippen LogP contribution in [0.15, 0.2) is 81.2 Å². The molecule has 25 nitrogen and oxygen atoms in total. The van der Waals surface area contributed by atoms with Gasteiger partial charge in [0.05, 0.1) is 23.1 Å². The molecule has 0 radical (unpaired) electrons. The second kappa shape index (κ2) is 22.2. The average Bonchev–Trinajstić information content (AvgIpc) is 4.05. The highest BCUT2D eigenvalue weighted by molar-refractivity contribution is 6.08. The molecule has 0 spiro atoms. The van der Waals surface area contributed by atoms with Crippen LogP contribution in [0.5, 0.6) is 5.75 Å². The van der Waals surface area contributed by atoms with Gasteiger partial charge < -0.3 is 56.1 Å². The van der Waals surface area contributed by atoms with Gasteiger partial charge in [0.15, 0.2) is 11.4 Å². The maximum Gasteiger partial charge on any atom is 0.336 e. The fourth-order valence-corrected chi connectivity index (χ4v) is 9.38. The number of aromatic nitrogens is 9. The Bertz CT molecular complexity index is 3260. The molecule has 2 fully saturated rings. The normalized spacial score (nSPS) is 15.3. The van der Waals surface area contributed by atoms with Crippen LogP contribution < -0.4 is 32.0 Å². The van der Waals surface area contributed by atoms with E-state index in [0.717, 1.165) is 12.1 Å². The van der Waals surface area contributed by atoms with Gasteiger partial charge in [0.1, 0.15) is 29.7 Å². The zero-order chi connectivity index (χ0) is 52.9. The van der Waals surface area contributed by atoms with Gasteiger partial charge in [-0.05, 0) is 67.6 Å². The van der Waals surface area contributed by atoms with Crippen molar-refractivity contribution in [2.45, 2.75) is 65.1 Å². The number of nitrogens with zero attached hydrogens (tertiary/aromatic N) is 14. The summed E-state index contributed by atoms with van der Waals surface area (Å²) in [5.74, 6) is -0.534. The van der Waals surface area contributed by atoms with Gasteiger partial charge in [0.2, 0.25) is 29.7 Å². The molecular formula is C50H59N17O8. The minimum Gasteiger partial charge on any atom is -0.508 e. The molecule has 0 bridgehead atoms. The zero-order valence-electron chi connectivity index (χ0n) is 41.8. The predicted octanol–water partition coefficient (Wildman–Crippen LogP) is 2.49. The van der Waals surface area contributed by atoms with E-state index in [-0.39, 0.29) is 64.3 Å². The molecule has 0 saturated carbocycles. The van der Waals surface area contributed by atoms with E-state index in [4.69, 9.17) is 30.8 Å². The molecule has 5 aromatic rings. The number of aromatic carboxylic acids is 1. The van der Waals surface area contributed by atoms with Crippen molar-refractivity contribution in [1.82, 2.24) is 54.7 Å². The van der Waals surface area contributed by atoms with Gasteiger partial charge in [0, 0.05) is 112 Å². The van der Waals surface area contributed by atoms with Crippen molar-refractivity contribution >= 4 is 58.2 Å². The Balaban J connectivity index is 0.976. The highest BCUT2D eigenvalue weighted by atomic mass is 16.4. The Hall–Kier alpha value is -8.74. The molecule has 9 rings (SSSR count). The summed E-state index contributed by atoms with van der Waals surface area (Å²) in [7, 11) is 0. The van der Waals surface area contributed by atoms with E-state index in [9.17, 15) is 34.5 Å². The van der Waals surface area contributed by atoms with E-state index in [1.807, 2.05) is 34.7 Å². The van der Waals surface area contributed by atoms with Crippen LogP contribution in [0.25, 0.3) is 33.4 Å². The largest absolute Gasteiger partial charge is 0.508 e. The number of carboxylic acids is 1. The quantitative estimate of drug-likeness (QED) is 0.0311. The van der Waals surface area contributed by atoms with E-state index in [1.165, 1.54) is 35.0 Å².